The first kappa shape index (κ1) is 28.5. The monoisotopic (exact) mass is 626 g/mol. The highest BCUT2D eigenvalue weighted by Gasteiger charge is 2.54. The van der Waals surface area contributed by atoms with Gasteiger partial charge in [-0.05, 0) is 62.9 Å². The van der Waals surface area contributed by atoms with Gasteiger partial charge in [0, 0.05) is 77.5 Å². The zero-order valence-corrected chi connectivity index (χ0v) is 26.3. The Morgan fingerprint density at radius 3 is 2.76 bits per heavy atom. The summed E-state index contributed by atoms with van der Waals surface area (Å²) < 4.78 is 17.8. The van der Waals surface area contributed by atoms with Crippen molar-refractivity contribution in [3.63, 3.8) is 0 Å². The molecule has 5 heterocycles. The second-order valence-electron chi connectivity index (χ2n) is 13.3. The van der Waals surface area contributed by atoms with Gasteiger partial charge in [-0.1, -0.05) is 24.2 Å². The molecule has 1 saturated carbocycles. The molecule has 8 rings (SSSR count). The topological polar surface area (TPSA) is 87.9 Å². The smallest absolute Gasteiger partial charge is 0.245 e. The molecule has 5 aromatic rings. The molecule has 1 aliphatic carbocycles. The summed E-state index contributed by atoms with van der Waals surface area (Å²) in [6.07, 6.45) is 7.16. The number of nitrogens with zero attached hydrogens (tertiary/aromatic N) is 7. The lowest BCUT2D eigenvalue weighted by Crippen LogP contribution is -2.63. The molecule has 1 spiro atoms. The standard InChI is InChI=1S/C34H36ClFN8O/c1-4-29(45)42-18-34(19-42)13-25(14-34)44-21(3)30(31-26-15-37-38-28(26)11-20(2)32(31)35)33(40-44)22-5-6-27-23(12-22)16-43(39-27)10-9-41-8-7-24(36)17-41/h4-6,11-12,15-16,24-25H,1,7-10,13-14,17-19H2,2-3H3,(H,37,38)/t24-/m0/s1. The Morgan fingerprint density at radius 1 is 1.18 bits per heavy atom. The molecule has 3 aliphatic rings. The highest BCUT2D eigenvalue weighted by atomic mass is 35.5. The third-order valence-electron chi connectivity index (χ3n) is 10.2. The largest absolute Gasteiger partial charge is 0.338 e. The number of aryl methyl sites for hydroxylation is 1. The molecule has 3 fully saturated rings. The van der Waals surface area contributed by atoms with Gasteiger partial charge in [0.25, 0.3) is 0 Å². The van der Waals surface area contributed by atoms with Gasteiger partial charge in [-0.25, -0.2) is 4.39 Å². The Hall–Kier alpha value is -4.02. The van der Waals surface area contributed by atoms with Crippen LogP contribution in [0.2, 0.25) is 5.02 Å². The third-order valence-corrected chi connectivity index (χ3v) is 10.7. The van der Waals surface area contributed by atoms with Gasteiger partial charge < -0.3 is 4.90 Å². The van der Waals surface area contributed by atoms with Crippen LogP contribution in [0.4, 0.5) is 4.39 Å². The van der Waals surface area contributed by atoms with Gasteiger partial charge in [0.1, 0.15) is 11.9 Å². The summed E-state index contributed by atoms with van der Waals surface area (Å²) in [4.78, 5) is 16.1. The molecule has 2 aromatic carbocycles. The van der Waals surface area contributed by atoms with E-state index in [2.05, 4.69) is 57.7 Å². The van der Waals surface area contributed by atoms with Gasteiger partial charge in [0.2, 0.25) is 5.91 Å². The first-order chi connectivity index (χ1) is 21.7. The summed E-state index contributed by atoms with van der Waals surface area (Å²) in [6.45, 7) is 12.1. The predicted molar refractivity (Wildman–Crippen MR) is 174 cm³/mol. The fourth-order valence-corrected chi connectivity index (χ4v) is 8.06. The summed E-state index contributed by atoms with van der Waals surface area (Å²) in [6, 6.07) is 8.57. The van der Waals surface area contributed by atoms with Gasteiger partial charge in [-0.2, -0.15) is 15.3 Å². The molecule has 0 unspecified atom stereocenters. The summed E-state index contributed by atoms with van der Waals surface area (Å²) in [5.74, 6) is 0.00490. The quantitative estimate of drug-likeness (QED) is 0.220. The Morgan fingerprint density at radius 2 is 2.00 bits per heavy atom. The van der Waals surface area contributed by atoms with Crippen molar-refractivity contribution in [3.05, 3.63) is 65.6 Å². The second kappa shape index (κ2) is 10.5. The number of rotatable bonds is 7. The molecule has 2 saturated heterocycles. The van der Waals surface area contributed by atoms with Crippen LogP contribution in [-0.4, -0.2) is 84.4 Å². The van der Waals surface area contributed by atoms with Crippen LogP contribution in [0, 0.1) is 19.3 Å². The number of fused-ring (bicyclic) bond motifs is 2. The number of aromatic nitrogens is 6. The molecule has 1 N–H and O–H groups in total. The maximum Gasteiger partial charge on any atom is 0.245 e. The Kier molecular flexibility index (Phi) is 6.65. The van der Waals surface area contributed by atoms with Crippen molar-refractivity contribution in [1.29, 1.82) is 0 Å². The first-order valence-electron chi connectivity index (χ1n) is 15.7. The van der Waals surface area contributed by atoms with E-state index >= 15 is 0 Å². The minimum Gasteiger partial charge on any atom is -0.338 e. The van der Waals surface area contributed by atoms with Gasteiger partial charge in [-0.3, -0.25) is 24.2 Å². The Labute approximate surface area is 265 Å². The molecule has 11 heteroatoms. The van der Waals surface area contributed by atoms with Crippen molar-refractivity contribution >= 4 is 39.3 Å². The predicted octanol–water partition coefficient (Wildman–Crippen LogP) is 6.11. The number of halogens is 2. The zero-order valence-electron chi connectivity index (χ0n) is 25.6. The van der Waals surface area contributed by atoms with Crippen molar-refractivity contribution in [2.75, 3.05) is 32.7 Å². The van der Waals surface area contributed by atoms with Crippen molar-refractivity contribution in [3.8, 4) is 22.4 Å². The summed E-state index contributed by atoms with van der Waals surface area (Å²) in [7, 11) is 0. The number of nitrogens with one attached hydrogen (secondary N) is 1. The molecule has 2 aliphatic heterocycles. The Bertz CT molecular complexity index is 1980. The van der Waals surface area contributed by atoms with Crippen molar-refractivity contribution in [2.45, 2.75) is 51.9 Å². The minimum absolute atomic E-state index is 0.00490. The number of alkyl halides is 1. The van der Waals surface area contributed by atoms with Crippen LogP contribution in [0.1, 0.15) is 36.6 Å². The van der Waals surface area contributed by atoms with Crippen LogP contribution in [0.25, 0.3) is 44.2 Å². The van der Waals surface area contributed by atoms with E-state index < -0.39 is 6.17 Å². The highest BCUT2D eigenvalue weighted by Crippen LogP contribution is 2.55. The molecular weight excluding hydrogens is 591 g/mol. The van der Waals surface area contributed by atoms with Crippen LogP contribution < -0.4 is 0 Å². The number of aromatic amines is 1. The SMILES string of the molecule is C=CC(=O)N1CC2(CC(n3nc(-c4ccc5nn(CCN6CC[C@H](F)C6)cc5c4)c(-c4c(Cl)c(C)cc5[nH]ncc45)c3C)C2)C1. The summed E-state index contributed by atoms with van der Waals surface area (Å²) in [5, 5.41) is 20.3. The number of hydrogen-bond donors (Lipinski definition) is 1. The average Bonchev–Trinajstić information content (AvgIpc) is 3.77. The van der Waals surface area contributed by atoms with Crippen LogP contribution in [0.3, 0.4) is 0 Å². The number of hydrogen-bond acceptors (Lipinski definition) is 5. The first-order valence-corrected chi connectivity index (χ1v) is 16.1. The van der Waals surface area contributed by atoms with Crippen molar-refractivity contribution < 1.29 is 9.18 Å². The molecule has 1 atom stereocenters. The van der Waals surface area contributed by atoms with Gasteiger partial charge in [-0.15, -0.1) is 0 Å². The van der Waals surface area contributed by atoms with E-state index in [1.165, 1.54) is 6.08 Å². The van der Waals surface area contributed by atoms with Gasteiger partial charge in [0.15, 0.2) is 0 Å². The number of benzene rings is 2. The zero-order chi connectivity index (χ0) is 31.0. The number of likely N-dealkylation sites (tertiary alicyclic amines) is 2. The van der Waals surface area contributed by atoms with Gasteiger partial charge >= 0.3 is 0 Å². The summed E-state index contributed by atoms with van der Waals surface area (Å²) in [5.41, 5.74) is 7.86. The molecule has 9 nitrogen and oxygen atoms in total. The van der Waals surface area contributed by atoms with Crippen LogP contribution >= 0.6 is 11.6 Å². The van der Waals surface area contributed by atoms with E-state index in [0.717, 1.165) is 94.5 Å². The molecule has 1 amide bonds. The number of amides is 1. The second-order valence-corrected chi connectivity index (χ2v) is 13.7. The van der Waals surface area contributed by atoms with Crippen LogP contribution in [-0.2, 0) is 11.3 Å². The Balaban J connectivity index is 1.17. The maximum atomic E-state index is 13.7. The fourth-order valence-electron chi connectivity index (χ4n) is 7.81. The van der Waals surface area contributed by atoms with E-state index in [1.807, 2.05) is 28.8 Å². The maximum absolute atomic E-state index is 13.7. The average molecular weight is 627 g/mol. The molecule has 0 bridgehead atoms. The van der Waals surface area contributed by atoms with E-state index in [1.54, 1.807) is 0 Å². The molecule has 45 heavy (non-hydrogen) atoms. The van der Waals surface area contributed by atoms with Crippen LogP contribution in [0.5, 0.6) is 0 Å². The number of carbonyl (C=O) groups is 1. The van der Waals surface area contributed by atoms with Crippen molar-refractivity contribution in [1.82, 2.24) is 39.6 Å². The fraction of sp³-hybridized carbons (Fsp3) is 0.412. The van der Waals surface area contributed by atoms with E-state index in [-0.39, 0.29) is 17.4 Å². The molecular formula is C34H36ClFN8O. The lowest BCUT2D eigenvalue weighted by Gasteiger charge is -2.58. The van der Waals surface area contributed by atoms with Gasteiger partial charge in [0.05, 0.1) is 34.8 Å². The van der Waals surface area contributed by atoms with E-state index in [0.29, 0.717) is 24.5 Å². The molecule has 232 valence electrons. The molecule has 3 aromatic heterocycles. The van der Waals surface area contributed by atoms with Crippen LogP contribution in [0.15, 0.2) is 49.3 Å². The normalized spacial score (nSPS) is 19.9. The number of carbonyl (C=O) groups excluding carboxylic acids is 1. The number of H-pyrrole nitrogens is 1. The molecule has 0 radical (unpaired) electrons. The van der Waals surface area contributed by atoms with Crippen molar-refractivity contribution in [2.24, 2.45) is 5.41 Å². The van der Waals surface area contributed by atoms with E-state index in [4.69, 9.17) is 21.8 Å². The van der Waals surface area contributed by atoms with E-state index in [9.17, 15) is 9.18 Å². The lowest BCUT2D eigenvalue weighted by molar-refractivity contribution is -0.149. The lowest BCUT2D eigenvalue weighted by atomic mass is 9.60. The third kappa shape index (κ3) is 4.68. The minimum atomic E-state index is -0.720. The highest BCUT2D eigenvalue weighted by molar-refractivity contribution is 6.36. The summed E-state index contributed by atoms with van der Waals surface area (Å²) >= 11 is 7.10.